The van der Waals surface area contributed by atoms with Crippen molar-refractivity contribution in [3.63, 3.8) is 0 Å². The average molecular weight is 265 g/mol. The van der Waals surface area contributed by atoms with Gasteiger partial charge in [-0.15, -0.1) is 0 Å². The van der Waals surface area contributed by atoms with Gasteiger partial charge in [-0.2, -0.15) is 0 Å². The minimum Gasteiger partial charge on any atom is -0.441 e. The molecule has 0 radical (unpaired) electrons. The molecular formula is C12H15N3O4. The van der Waals surface area contributed by atoms with Crippen LogP contribution in [-0.4, -0.2) is 35.3 Å². The third-order valence-corrected chi connectivity index (χ3v) is 2.95. The van der Waals surface area contributed by atoms with Gasteiger partial charge in [0.05, 0.1) is 0 Å². The number of ether oxygens (including phenoxy) is 1. The van der Waals surface area contributed by atoms with Crippen LogP contribution in [0.4, 0.5) is 4.79 Å². The highest BCUT2D eigenvalue weighted by Gasteiger charge is 2.37. The van der Waals surface area contributed by atoms with E-state index in [-0.39, 0.29) is 6.61 Å². The molecular weight excluding hydrogens is 250 g/mol. The van der Waals surface area contributed by atoms with E-state index in [1.807, 2.05) is 18.2 Å². The molecule has 1 aromatic rings. The van der Waals surface area contributed by atoms with E-state index in [4.69, 9.17) is 4.74 Å². The maximum atomic E-state index is 11.8. The van der Waals surface area contributed by atoms with Gasteiger partial charge < -0.3 is 10.1 Å². The Balaban J connectivity index is 1.94. The zero-order chi connectivity index (χ0) is 13.7. The van der Waals surface area contributed by atoms with E-state index in [1.54, 1.807) is 12.1 Å². The van der Waals surface area contributed by atoms with Crippen LogP contribution in [0.1, 0.15) is 12.0 Å². The molecule has 1 heterocycles. The second kappa shape index (κ2) is 6.14. The van der Waals surface area contributed by atoms with Gasteiger partial charge in [0.15, 0.2) is 5.03 Å². The molecule has 1 fully saturated rings. The SMILES string of the molecule is O=C(OCc1ccccc1)N([C@H]1CCNC1)[N+](=O)[O-]. The zero-order valence-corrected chi connectivity index (χ0v) is 10.3. The van der Waals surface area contributed by atoms with E-state index in [1.165, 1.54) is 0 Å². The van der Waals surface area contributed by atoms with Crippen LogP contribution >= 0.6 is 0 Å². The molecule has 0 saturated carbocycles. The Kier molecular flexibility index (Phi) is 4.30. The van der Waals surface area contributed by atoms with E-state index in [0.29, 0.717) is 24.5 Å². The molecule has 2 rings (SSSR count). The lowest BCUT2D eigenvalue weighted by Crippen LogP contribution is -2.45. The van der Waals surface area contributed by atoms with Crippen LogP contribution in [0.25, 0.3) is 0 Å². The van der Waals surface area contributed by atoms with E-state index in [2.05, 4.69) is 5.32 Å². The lowest BCUT2D eigenvalue weighted by molar-refractivity contribution is -0.643. The van der Waals surface area contributed by atoms with Gasteiger partial charge in [0.1, 0.15) is 12.6 Å². The normalized spacial score (nSPS) is 18.0. The number of benzene rings is 1. The van der Waals surface area contributed by atoms with E-state index in [9.17, 15) is 14.9 Å². The van der Waals surface area contributed by atoms with Crippen molar-refractivity contribution in [2.75, 3.05) is 13.1 Å². The Labute approximate surface area is 110 Å². The second-order valence-electron chi connectivity index (χ2n) is 4.27. The Bertz CT molecular complexity index is 446. The molecule has 102 valence electrons. The molecule has 7 nitrogen and oxygen atoms in total. The predicted octanol–water partition coefficient (Wildman–Crippen LogP) is 1.18. The molecule has 1 aromatic carbocycles. The number of hydrogen-bond donors (Lipinski definition) is 1. The zero-order valence-electron chi connectivity index (χ0n) is 10.3. The molecule has 0 aliphatic carbocycles. The maximum absolute atomic E-state index is 11.8. The summed E-state index contributed by atoms with van der Waals surface area (Å²) in [6.07, 6.45) is -0.357. The molecule has 1 aliphatic rings. The Morgan fingerprint density at radius 1 is 1.47 bits per heavy atom. The first kappa shape index (κ1) is 13.3. The fourth-order valence-electron chi connectivity index (χ4n) is 1.98. The van der Waals surface area contributed by atoms with Gasteiger partial charge in [-0.05, 0) is 23.5 Å². The molecule has 1 N–H and O–H groups in total. The van der Waals surface area contributed by atoms with Crippen molar-refractivity contribution < 1.29 is 14.6 Å². The number of carbonyl (C=O) groups is 1. The molecule has 1 aliphatic heterocycles. The van der Waals surface area contributed by atoms with Crippen LogP contribution < -0.4 is 5.32 Å². The monoisotopic (exact) mass is 265 g/mol. The van der Waals surface area contributed by atoms with Gasteiger partial charge in [0.25, 0.3) is 0 Å². The van der Waals surface area contributed by atoms with E-state index in [0.717, 1.165) is 5.56 Å². The largest absolute Gasteiger partial charge is 0.468 e. The first-order valence-corrected chi connectivity index (χ1v) is 6.03. The third-order valence-electron chi connectivity index (χ3n) is 2.95. The molecule has 0 aromatic heterocycles. The number of hydrazine groups is 1. The van der Waals surface area contributed by atoms with Gasteiger partial charge in [0, 0.05) is 6.54 Å². The van der Waals surface area contributed by atoms with Crippen LogP contribution in [0.2, 0.25) is 0 Å². The molecule has 19 heavy (non-hydrogen) atoms. The summed E-state index contributed by atoms with van der Waals surface area (Å²) in [6.45, 7) is 1.12. The van der Waals surface area contributed by atoms with Crippen molar-refractivity contribution in [2.45, 2.75) is 19.1 Å². The number of hydrogen-bond acceptors (Lipinski definition) is 5. The van der Waals surface area contributed by atoms with Crippen molar-refractivity contribution in [3.05, 3.63) is 46.0 Å². The summed E-state index contributed by atoms with van der Waals surface area (Å²) in [5.41, 5.74) is 0.795. The van der Waals surface area contributed by atoms with Crippen LogP contribution in [0.5, 0.6) is 0 Å². The molecule has 1 atom stereocenters. The third kappa shape index (κ3) is 3.41. The summed E-state index contributed by atoms with van der Waals surface area (Å²) in [5.74, 6) is 0. The molecule has 0 bridgehead atoms. The van der Waals surface area contributed by atoms with E-state index >= 15 is 0 Å². The molecule has 0 unspecified atom stereocenters. The van der Waals surface area contributed by atoms with Gasteiger partial charge in [0.2, 0.25) is 0 Å². The lowest BCUT2D eigenvalue weighted by atomic mass is 10.2. The fraction of sp³-hybridized carbons (Fsp3) is 0.417. The summed E-state index contributed by atoms with van der Waals surface area (Å²) in [6, 6.07) is 8.61. The van der Waals surface area contributed by atoms with Crippen LogP contribution in [0.15, 0.2) is 30.3 Å². The number of amides is 1. The molecule has 7 heteroatoms. The minimum atomic E-state index is -0.914. The lowest BCUT2D eigenvalue weighted by Gasteiger charge is -2.17. The first-order valence-electron chi connectivity index (χ1n) is 6.03. The number of rotatable bonds is 4. The van der Waals surface area contributed by atoms with Crippen LogP contribution in [-0.2, 0) is 11.3 Å². The Hall–Kier alpha value is -2.15. The molecule has 0 spiro atoms. The van der Waals surface area contributed by atoms with Gasteiger partial charge in [-0.25, -0.2) is 14.9 Å². The first-order chi connectivity index (χ1) is 9.18. The van der Waals surface area contributed by atoms with Gasteiger partial charge in [-0.3, -0.25) is 0 Å². The average Bonchev–Trinajstić information content (AvgIpc) is 2.91. The van der Waals surface area contributed by atoms with E-state index < -0.39 is 17.2 Å². The fourth-order valence-corrected chi connectivity index (χ4v) is 1.98. The quantitative estimate of drug-likeness (QED) is 0.652. The Morgan fingerprint density at radius 2 is 2.21 bits per heavy atom. The van der Waals surface area contributed by atoms with Crippen LogP contribution in [0, 0.1) is 10.1 Å². The van der Waals surface area contributed by atoms with Crippen molar-refractivity contribution in [1.82, 2.24) is 10.3 Å². The summed E-state index contributed by atoms with van der Waals surface area (Å²) >= 11 is 0. The van der Waals surface area contributed by atoms with Crippen LogP contribution in [0.3, 0.4) is 0 Å². The summed E-state index contributed by atoms with van der Waals surface area (Å²) in [5, 5.41) is 13.8. The molecule has 1 amide bonds. The van der Waals surface area contributed by atoms with Gasteiger partial charge >= 0.3 is 6.09 Å². The Morgan fingerprint density at radius 3 is 2.79 bits per heavy atom. The highest BCUT2D eigenvalue weighted by atomic mass is 16.7. The van der Waals surface area contributed by atoms with Crippen molar-refractivity contribution in [2.24, 2.45) is 0 Å². The highest BCUT2D eigenvalue weighted by Crippen LogP contribution is 2.11. The van der Waals surface area contributed by atoms with Crippen molar-refractivity contribution >= 4 is 6.09 Å². The minimum absolute atomic E-state index is 0.0319. The maximum Gasteiger partial charge on any atom is 0.468 e. The summed E-state index contributed by atoms with van der Waals surface area (Å²) < 4.78 is 4.98. The summed E-state index contributed by atoms with van der Waals surface area (Å²) in [7, 11) is 0. The smallest absolute Gasteiger partial charge is 0.441 e. The van der Waals surface area contributed by atoms with Gasteiger partial charge in [-0.1, -0.05) is 30.3 Å². The summed E-state index contributed by atoms with van der Waals surface area (Å²) in [4.78, 5) is 22.7. The number of nitrogens with one attached hydrogen (secondary N) is 1. The standard InChI is InChI=1S/C12H15N3O4/c16-12(19-9-10-4-2-1-3-5-10)14(15(17)18)11-6-7-13-8-11/h1-5,11,13H,6-9H2/t11-/m0/s1. The van der Waals surface area contributed by atoms with Crippen molar-refractivity contribution in [3.8, 4) is 0 Å². The highest BCUT2D eigenvalue weighted by molar-refractivity contribution is 5.66. The van der Waals surface area contributed by atoms with Crippen molar-refractivity contribution in [1.29, 1.82) is 0 Å². The predicted molar refractivity (Wildman–Crippen MR) is 66.7 cm³/mol. The number of nitro groups is 1. The molecule has 1 saturated heterocycles. The second-order valence-corrected chi connectivity index (χ2v) is 4.27. The topological polar surface area (TPSA) is 84.7 Å². The number of nitrogens with zero attached hydrogens (tertiary/aromatic N) is 2. The number of carbonyl (C=O) groups excluding carboxylic acids is 1.